The fourth-order valence-electron chi connectivity index (χ4n) is 2.39. The number of nitrogens with zero attached hydrogens (tertiary/aromatic N) is 3. The van der Waals surface area contributed by atoms with E-state index in [1.165, 1.54) is 0 Å². The van der Waals surface area contributed by atoms with Crippen LogP contribution in [0.15, 0.2) is 12.4 Å². The summed E-state index contributed by atoms with van der Waals surface area (Å²) >= 11 is 0. The van der Waals surface area contributed by atoms with Gasteiger partial charge in [-0.2, -0.15) is 13.2 Å². The van der Waals surface area contributed by atoms with Crippen LogP contribution in [0.25, 0.3) is 0 Å². The Bertz CT molecular complexity index is 663. The Morgan fingerprint density at radius 3 is 2.12 bits per heavy atom. The summed E-state index contributed by atoms with van der Waals surface area (Å²) in [5.74, 6) is 1.29. The van der Waals surface area contributed by atoms with Gasteiger partial charge in [0.15, 0.2) is 5.69 Å². The Morgan fingerprint density at radius 1 is 1.27 bits per heavy atom. The molecule has 192 valence electrons. The van der Waals surface area contributed by atoms with Gasteiger partial charge in [-0.3, -0.25) is 9.59 Å². The standard InChI is InChI=1S/C14H19F3N4O.C4H10.C3H6O2.C2H6/c1-9-7-21(8-13(9,2)3)12(22)6-20-11-5-18-10(4-19-11)14(15,16)17;1-4(2)3;1-2-5-3-4;1-2/h4-5,9H,6-8H2,1-3H3,(H,19,20);4H,1-3H3;3H,2H2,1H3;1-2H3. The first-order chi connectivity index (χ1) is 15.2. The number of aromatic nitrogens is 2. The molecule has 1 saturated heterocycles. The molecule has 0 spiro atoms. The van der Waals surface area contributed by atoms with Gasteiger partial charge in [-0.1, -0.05) is 55.4 Å². The molecule has 1 amide bonds. The Balaban J connectivity index is 0. The second-order valence-corrected chi connectivity index (χ2v) is 8.59. The largest absolute Gasteiger partial charge is 0.468 e. The van der Waals surface area contributed by atoms with E-state index >= 15 is 0 Å². The normalized spacial score (nSPS) is 16.3. The van der Waals surface area contributed by atoms with Crippen molar-refractivity contribution in [1.82, 2.24) is 14.9 Å². The molecule has 1 aliphatic rings. The fourth-order valence-corrected chi connectivity index (χ4v) is 2.39. The molecule has 1 fully saturated rings. The molecular weight excluding hydrogens is 437 g/mol. The van der Waals surface area contributed by atoms with Crippen LogP contribution in [0, 0.1) is 17.3 Å². The van der Waals surface area contributed by atoms with E-state index < -0.39 is 11.9 Å². The van der Waals surface area contributed by atoms with E-state index in [4.69, 9.17) is 0 Å². The van der Waals surface area contributed by atoms with E-state index in [9.17, 15) is 22.8 Å². The lowest BCUT2D eigenvalue weighted by molar-refractivity contribution is -0.141. The smallest absolute Gasteiger partial charge is 0.434 e. The number of likely N-dealkylation sites (tertiary alicyclic amines) is 1. The molecule has 1 unspecified atom stereocenters. The van der Waals surface area contributed by atoms with Crippen LogP contribution in [0.5, 0.6) is 0 Å². The van der Waals surface area contributed by atoms with Gasteiger partial charge < -0.3 is 15.0 Å². The predicted molar refractivity (Wildman–Crippen MR) is 125 cm³/mol. The molecule has 1 aromatic heterocycles. The minimum Gasteiger partial charge on any atom is -0.468 e. The minimum absolute atomic E-state index is 0.0111. The summed E-state index contributed by atoms with van der Waals surface area (Å²) in [7, 11) is 0. The second-order valence-electron chi connectivity index (χ2n) is 8.59. The van der Waals surface area contributed by atoms with Crippen LogP contribution in [-0.4, -0.2) is 53.5 Å². The highest BCUT2D eigenvalue weighted by atomic mass is 19.4. The average molecular weight is 479 g/mol. The van der Waals surface area contributed by atoms with E-state index in [1.807, 2.05) is 13.8 Å². The molecule has 0 aromatic carbocycles. The molecule has 0 radical (unpaired) electrons. The van der Waals surface area contributed by atoms with Crippen LogP contribution in [0.4, 0.5) is 19.0 Å². The fraction of sp³-hybridized carbons (Fsp3) is 0.739. The molecule has 1 N–H and O–H groups in total. The maximum Gasteiger partial charge on any atom is 0.434 e. The third-order valence-corrected chi connectivity index (χ3v) is 4.38. The number of hydrogen-bond donors (Lipinski definition) is 1. The van der Waals surface area contributed by atoms with Gasteiger partial charge in [0, 0.05) is 13.1 Å². The molecule has 1 aliphatic heterocycles. The van der Waals surface area contributed by atoms with E-state index in [0.29, 0.717) is 38.3 Å². The van der Waals surface area contributed by atoms with Crippen molar-refractivity contribution in [3.8, 4) is 0 Å². The number of alkyl halides is 3. The molecule has 0 bridgehead atoms. The maximum absolute atomic E-state index is 12.4. The average Bonchev–Trinajstić information content (AvgIpc) is 3.01. The van der Waals surface area contributed by atoms with Crippen molar-refractivity contribution < 1.29 is 27.5 Å². The van der Waals surface area contributed by atoms with Crippen LogP contribution in [-0.2, 0) is 20.5 Å². The third kappa shape index (κ3) is 14.4. The van der Waals surface area contributed by atoms with E-state index in [2.05, 4.69) is 61.6 Å². The summed E-state index contributed by atoms with van der Waals surface area (Å²) in [4.78, 5) is 30.0. The Kier molecular flexibility index (Phi) is 16.2. The molecule has 1 atom stereocenters. The first-order valence-corrected chi connectivity index (χ1v) is 11.2. The van der Waals surface area contributed by atoms with Gasteiger partial charge in [-0.25, -0.2) is 9.97 Å². The van der Waals surface area contributed by atoms with Crippen LogP contribution in [0.3, 0.4) is 0 Å². The summed E-state index contributed by atoms with van der Waals surface area (Å²) in [6.07, 6.45) is -2.89. The van der Waals surface area contributed by atoms with Gasteiger partial charge in [0.2, 0.25) is 5.91 Å². The number of carbonyl (C=O) groups is 2. The summed E-state index contributed by atoms with van der Waals surface area (Å²) < 4.78 is 41.2. The second kappa shape index (κ2) is 16.3. The zero-order chi connectivity index (χ0) is 26.2. The van der Waals surface area contributed by atoms with Gasteiger partial charge in [-0.05, 0) is 24.2 Å². The highest BCUT2D eigenvalue weighted by Gasteiger charge is 2.38. The minimum atomic E-state index is -4.52. The van der Waals surface area contributed by atoms with Crippen molar-refractivity contribution in [2.45, 2.75) is 68.5 Å². The molecule has 0 aliphatic carbocycles. The maximum atomic E-state index is 12.4. The van der Waals surface area contributed by atoms with Gasteiger partial charge in [0.25, 0.3) is 6.47 Å². The number of ether oxygens (including phenoxy) is 1. The molecule has 2 rings (SSSR count). The monoisotopic (exact) mass is 478 g/mol. The summed E-state index contributed by atoms with van der Waals surface area (Å²) in [5, 5.41) is 2.71. The summed E-state index contributed by atoms with van der Waals surface area (Å²) in [6.45, 7) is 20.8. The molecular formula is C23H41F3N4O3. The van der Waals surface area contributed by atoms with Crippen LogP contribution < -0.4 is 5.32 Å². The number of carbonyl (C=O) groups excluding carboxylic acids is 2. The Hall–Kier alpha value is -2.39. The molecule has 7 nitrogen and oxygen atoms in total. The predicted octanol–water partition coefficient (Wildman–Crippen LogP) is 5.28. The van der Waals surface area contributed by atoms with E-state index in [-0.39, 0.29) is 23.7 Å². The first-order valence-electron chi connectivity index (χ1n) is 11.2. The highest BCUT2D eigenvalue weighted by Crippen LogP contribution is 2.34. The summed E-state index contributed by atoms with van der Waals surface area (Å²) in [6, 6.07) is 0. The Labute approximate surface area is 196 Å². The molecule has 2 heterocycles. The van der Waals surface area contributed by atoms with E-state index in [0.717, 1.165) is 12.1 Å². The number of halogens is 3. The van der Waals surface area contributed by atoms with Crippen molar-refractivity contribution in [3.63, 3.8) is 0 Å². The van der Waals surface area contributed by atoms with Crippen molar-refractivity contribution in [2.75, 3.05) is 31.6 Å². The topological polar surface area (TPSA) is 84.4 Å². The first kappa shape index (κ1) is 32.8. The lowest BCUT2D eigenvalue weighted by Crippen LogP contribution is -2.34. The third-order valence-electron chi connectivity index (χ3n) is 4.38. The quantitative estimate of drug-likeness (QED) is 0.580. The lowest BCUT2D eigenvalue weighted by Gasteiger charge is -2.22. The van der Waals surface area contributed by atoms with Gasteiger partial charge in [0.05, 0.1) is 25.5 Å². The SMILES string of the molecule is CC.CC(C)C.CC1CN(C(=O)CNc2cnc(C(F)(F)F)cn2)CC1(C)C.CCOC=O. The number of amides is 1. The summed E-state index contributed by atoms with van der Waals surface area (Å²) in [5.41, 5.74) is -0.983. The zero-order valence-electron chi connectivity index (χ0n) is 21.4. The number of nitrogens with one attached hydrogen (secondary N) is 1. The number of anilines is 1. The zero-order valence-corrected chi connectivity index (χ0v) is 21.4. The van der Waals surface area contributed by atoms with Crippen LogP contribution >= 0.6 is 0 Å². The lowest BCUT2D eigenvalue weighted by atomic mass is 9.84. The van der Waals surface area contributed by atoms with E-state index in [1.54, 1.807) is 11.8 Å². The molecule has 33 heavy (non-hydrogen) atoms. The number of rotatable bonds is 5. The van der Waals surface area contributed by atoms with Gasteiger partial charge in [0.1, 0.15) is 5.82 Å². The molecule has 1 aromatic rings. The van der Waals surface area contributed by atoms with Crippen LogP contribution in [0.2, 0.25) is 0 Å². The Morgan fingerprint density at radius 2 is 1.82 bits per heavy atom. The van der Waals surface area contributed by atoms with Crippen molar-refractivity contribution in [1.29, 1.82) is 0 Å². The highest BCUT2D eigenvalue weighted by molar-refractivity contribution is 5.80. The van der Waals surface area contributed by atoms with Crippen LogP contribution in [0.1, 0.15) is 68.0 Å². The van der Waals surface area contributed by atoms with Gasteiger partial charge >= 0.3 is 6.18 Å². The van der Waals surface area contributed by atoms with Crippen molar-refractivity contribution >= 4 is 18.2 Å². The molecule has 0 saturated carbocycles. The molecule has 10 heteroatoms. The van der Waals surface area contributed by atoms with Crippen molar-refractivity contribution in [2.24, 2.45) is 17.3 Å². The van der Waals surface area contributed by atoms with Crippen molar-refractivity contribution in [3.05, 3.63) is 18.1 Å². The van der Waals surface area contributed by atoms with Gasteiger partial charge in [-0.15, -0.1) is 0 Å². The number of hydrogen-bond acceptors (Lipinski definition) is 6.